The molecule has 0 aliphatic rings. The highest BCUT2D eigenvalue weighted by atomic mass is 79.9. The number of nitrogens with one attached hydrogen (secondary N) is 1. The number of carbonyl (C=O) groups excluding carboxylic acids is 1. The van der Waals surface area contributed by atoms with Crippen molar-refractivity contribution >= 4 is 27.8 Å². The number of hydrogen-bond acceptors (Lipinski definition) is 5. The zero-order valence-electron chi connectivity index (χ0n) is 10.2. The summed E-state index contributed by atoms with van der Waals surface area (Å²) in [5.74, 6) is -1.35. The molecular formula is C11H10BrN5O3. The van der Waals surface area contributed by atoms with Crippen molar-refractivity contribution in [2.45, 2.75) is 13.1 Å². The molecule has 0 fully saturated rings. The lowest BCUT2D eigenvalue weighted by Gasteiger charge is -2.01. The van der Waals surface area contributed by atoms with E-state index in [1.165, 1.54) is 17.1 Å². The van der Waals surface area contributed by atoms with Crippen molar-refractivity contribution in [1.29, 1.82) is 0 Å². The molecule has 20 heavy (non-hydrogen) atoms. The number of carboxylic acid groups (broad SMARTS) is 1. The molecule has 0 bridgehead atoms. The smallest absolute Gasteiger partial charge is 0.325 e. The molecule has 9 heteroatoms. The molecule has 2 rings (SSSR count). The van der Waals surface area contributed by atoms with Crippen LogP contribution in [0.25, 0.3) is 0 Å². The summed E-state index contributed by atoms with van der Waals surface area (Å²) in [5.41, 5.74) is 0.753. The zero-order chi connectivity index (χ0) is 14.5. The Balaban J connectivity index is 1.91. The Morgan fingerprint density at radius 2 is 2.20 bits per heavy atom. The zero-order valence-corrected chi connectivity index (χ0v) is 11.7. The Hall–Kier alpha value is -2.29. The van der Waals surface area contributed by atoms with Gasteiger partial charge in [0.25, 0.3) is 5.91 Å². The van der Waals surface area contributed by atoms with Crippen molar-refractivity contribution in [3.8, 4) is 0 Å². The lowest BCUT2D eigenvalue weighted by atomic mass is 10.3. The highest BCUT2D eigenvalue weighted by Crippen LogP contribution is 2.07. The van der Waals surface area contributed by atoms with Crippen LogP contribution in [0.2, 0.25) is 0 Å². The van der Waals surface area contributed by atoms with Gasteiger partial charge in [0.2, 0.25) is 0 Å². The highest BCUT2D eigenvalue weighted by molar-refractivity contribution is 9.10. The van der Waals surface area contributed by atoms with Gasteiger partial charge in [-0.15, -0.1) is 5.10 Å². The van der Waals surface area contributed by atoms with Crippen molar-refractivity contribution in [2.75, 3.05) is 0 Å². The van der Waals surface area contributed by atoms with Crippen LogP contribution in [0, 0.1) is 0 Å². The van der Waals surface area contributed by atoms with Gasteiger partial charge in [-0.2, -0.15) is 0 Å². The second-order valence-electron chi connectivity index (χ2n) is 3.85. The molecule has 0 atom stereocenters. The van der Waals surface area contributed by atoms with Crippen LogP contribution in [0.4, 0.5) is 0 Å². The van der Waals surface area contributed by atoms with Gasteiger partial charge in [0, 0.05) is 10.7 Å². The van der Waals surface area contributed by atoms with Gasteiger partial charge in [0.15, 0.2) is 0 Å². The number of carbonyl (C=O) groups is 2. The molecule has 104 valence electrons. The maximum absolute atomic E-state index is 11.8. The standard InChI is InChI=1S/C11H10BrN5O3/c12-7-1-2-9(13-3-7)11(20)14-4-8-5-17(16-15-8)6-10(18)19/h1-3,5H,4,6H2,(H,14,20)(H,18,19). The minimum atomic E-state index is -1.01. The van der Waals surface area contributed by atoms with E-state index in [0.717, 1.165) is 4.47 Å². The summed E-state index contributed by atoms with van der Waals surface area (Å²) in [7, 11) is 0. The summed E-state index contributed by atoms with van der Waals surface area (Å²) in [6, 6.07) is 3.30. The third kappa shape index (κ3) is 3.85. The van der Waals surface area contributed by atoms with Crippen LogP contribution in [0.15, 0.2) is 29.0 Å². The fourth-order valence-corrected chi connectivity index (χ4v) is 1.64. The fraction of sp³-hybridized carbons (Fsp3) is 0.182. The van der Waals surface area contributed by atoms with Gasteiger partial charge in [-0.3, -0.25) is 9.59 Å². The van der Waals surface area contributed by atoms with Crippen LogP contribution in [-0.2, 0) is 17.9 Å². The molecular weight excluding hydrogens is 330 g/mol. The molecule has 0 radical (unpaired) electrons. The van der Waals surface area contributed by atoms with Gasteiger partial charge in [-0.25, -0.2) is 9.67 Å². The Bertz CT molecular complexity index is 625. The largest absolute Gasteiger partial charge is 0.480 e. The molecule has 0 saturated carbocycles. The fourth-order valence-electron chi connectivity index (χ4n) is 1.41. The van der Waals surface area contributed by atoms with Crippen LogP contribution in [-0.4, -0.2) is 37.0 Å². The molecule has 0 aromatic carbocycles. The average Bonchev–Trinajstić information content (AvgIpc) is 2.83. The summed E-state index contributed by atoms with van der Waals surface area (Å²) < 4.78 is 1.97. The van der Waals surface area contributed by atoms with E-state index in [4.69, 9.17) is 5.11 Å². The second kappa shape index (κ2) is 6.24. The predicted molar refractivity (Wildman–Crippen MR) is 70.8 cm³/mol. The maximum atomic E-state index is 11.8. The van der Waals surface area contributed by atoms with E-state index in [-0.39, 0.29) is 24.7 Å². The number of aromatic nitrogens is 4. The summed E-state index contributed by atoms with van der Waals surface area (Å²) in [4.78, 5) is 26.2. The number of pyridine rings is 1. The quantitative estimate of drug-likeness (QED) is 0.818. The first kappa shape index (κ1) is 14.1. The van der Waals surface area contributed by atoms with Crippen LogP contribution >= 0.6 is 15.9 Å². The van der Waals surface area contributed by atoms with E-state index < -0.39 is 5.97 Å². The number of hydrogen-bond donors (Lipinski definition) is 2. The van der Waals surface area contributed by atoms with Crippen LogP contribution in [0.1, 0.15) is 16.2 Å². The van der Waals surface area contributed by atoms with E-state index in [1.807, 2.05) is 0 Å². The molecule has 8 nitrogen and oxygen atoms in total. The number of aliphatic carboxylic acids is 1. The van der Waals surface area contributed by atoms with Crippen molar-refractivity contribution in [1.82, 2.24) is 25.3 Å². The average molecular weight is 340 g/mol. The van der Waals surface area contributed by atoms with Crippen LogP contribution in [0.3, 0.4) is 0 Å². The van der Waals surface area contributed by atoms with E-state index in [1.54, 1.807) is 12.1 Å². The van der Waals surface area contributed by atoms with Crippen molar-refractivity contribution in [3.63, 3.8) is 0 Å². The number of rotatable bonds is 5. The Morgan fingerprint density at radius 3 is 2.85 bits per heavy atom. The van der Waals surface area contributed by atoms with Crippen molar-refractivity contribution in [2.24, 2.45) is 0 Å². The first-order valence-electron chi connectivity index (χ1n) is 5.55. The first-order chi connectivity index (χ1) is 9.54. The number of nitrogens with zero attached hydrogens (tertiary/aromatic N) is 4. The Morgan fingerprint density at radius 1 is 1.40 bits per heavy atom. The molecule has 1 amide bonds. The summed E-state index contributed by atoms with van der Waals surface area (Å²) >= 11 is 3.23. The number of amides is 1. The van der Waals surface area contributed by atoms with Crippen LogP contribution < -0.4 is 5.32 Å². The van der Waals surface area contributed by atoms with Crippen molar-refractivity contribution in [3.05, 3.63) is 40.4 Å². The van der Waals surface area contributed by atoms with Gasteiger partial charge in [0.05, 0.1) is 12.7 Å². The molecule has 0 spiro atoms. The Labute approximate surface area is 121 Å². The van der Waals surface area contributed by atoms with E-state index in [0.29, 0.717) is 5.69 Å². The Kier molecular flexibility index (Phi) is 4.41. The summed E-state index contributed by atoms with van der Waals surface area (Å²) in [5, 5.41) is 18.6. The van der Waals surface area contributed by atoms with Gasteiger partial charge < -0.3 is 10.4 Å². The van der Waals surface area contributed by atoms with E-state index in [9.17, 15) is 9.59 Å². The van der Waals surface area contributed by atoms with Gasteiger partial charge >= 0.3 is 5.97 Å². The SMILES string of the molecule is O=C(O)Cn1cc(CNC(=O)c2ccc(Br)cn2)nn1. The van der Waals surface area contributed by atoms with Gasteiger partial charge in [-0.05, 0) is 28.1 Å². The normalized spacial score (nSPS) is 10.2. The van der Waals surface area contributed by atoms with E-state index >= 15 is 0 Å². The summed E-state index contributed by atoms with van der Waals surface area (Å²) in [6.45, 7) is -0.120. The highest BCUT2D eigenvalue weighted by Gasteiger charge is 2.09. The van der Waals surface area contributed by atoms with Crippen LogP contribution in [0.5, 0.6) is 0 Å². The molecule has 2 N–H and O–H groups in total. The topological polar surface area (TPSA) is 110 Å². The molecule has 0 saturated heterocycles. The molecule has 2 heterocycles. The third-order valence-electron chi connectivity index (χ3n) is 2.27. The number of carboxylic acids is 1. The molecule has 0 aliphatic carbocycles. The maximum Gasteiger partial charge on any atom is 0.325 e. The minimum absolute atomic E-state index is 0.149. The lowest BCUT2D eigenvalue weighted by molar-refractivity contribution is -0.137. The predicted octanol–water partition coefficient (Wildman–Crippen LogP) is 0.450. The second-order valence-corrected chi connectivity index (χ2v) is 4.76. The summed E-state index contributed by atoms with van der Waals surface area (Å²) in [6.07, 6.45) is 2.99. The number of halogens is 1. The molecule has 0 aliphatic heterocycles. The third-order valence-corrected chi connectivity index (χ3v) is 2.74. The lowest BCUT2D eigenvalue weighted by Crippen LogP contribution is -2.23. The van der Waals surface area contributed by atoms with E-state index in [2.05, 4.69) is 36.5 Å². The molecule has 2 aromatic heterocycles. The monoisotopic (exact) mass is 339 g/mol. The van der Waals surface area contributed by atoms with Gasteiger partial charge in [0.1, 0.15) is 17.9 Å². The molecule has 0 unspecified atom stereocenters. The first-order valence-corrected chi connectivity index (χ1v) is 6.34. The molecule has 2 aromatic rings. The van der Waals surface area contributed by atoms with Gasteiger partial charge in [-0.1, -0.05) is 5.21 Å². The van der Waals surface area contributed by atoms with Crippen molar-refractivity contribution < 1.29 is 14.7 Å². The minimum Gasteiger partial charge on any atom is -0.480 e.